The number of carbonyl (C=O) groups is 1. The van der Waals surface area contributed by atoms with Gasteiger partial charge in [0.05, 0.1) is 5.56 Å². The maximum Gasteiger partial charge on any atom is 0.259 e. The molecule has 1 aromatic carbocycles. The van der Waals surface area contributed by atoms with Gasteiger partial charge in [0.1, 0.15) is 0 Å². The number of nitrogens with two attached hydrogens (primary N) is 1. The summed E-state index contributed by atoms with van der Waals surface area (Å²) in [6, 6.07) is 11.2. The molecular weight excluding hydrogens is 252 g/mol. The summed E-state index contributed by atoms with van der Waals surface area (Å²) in [5.74, 6) is 5.46. The molecule has 1 heterocycles. The fourth-order valence-corrected chi connectivity index (χ4v) is 1.95. The first kappa shape index (κ1) is 14.0. The van der Waals surface area contributed by atoms with Crippen LogP contribution in [0.1, 0.15) is 29.3 Å². The van der Waals surface area contributed by atoms with Crippen molar-refractivity contribution in [2.45, 2.75) is 19.8 Å². The van der Waals surface area contributed by atoms with E-state index in [-0.39, 0.29) is 5.91 Å². The molecule has 2 aromatic rings. The summed E-state index contributed by atoms with van der Waals surface area (Å²) in [5, 5.41) is 2.83. The minimum atomic E-state index is -0.241. The van der Waals surface area contributed by atoms with Crippen molar-refractivity contribution in [2.75, 3.05) is 10.7 Å². The first-order valence-corrected chi connectivity index (χ1v) is 6.56. The monoisotopic (exact) mass is 270 g/mol. The highest BCUT2D eigenvalue weighted by Crippen LogP contribution is 2.15. The van der Waals surface area contributed by atoms with Crippen molar-refractivity contribution in [1.82, 2.24) is 4.98 Å². The number of anilines is 2. The van der Waals surface area contributed by atoms with Crippen LogP contribution in [0.5, 0.6) is 0 Å². The first-order chi connectivity index (χ1) is 9.74. The van der Waals surface area contributed by atoms with Crippen LogP contribution >= 0.6 is 0 Å². The van der Waals surface area contributed by atoms with Crippen LogP contribution in [-0.2, 0) is 6.42 Å². The smallest absolute Gasteiger partial charge is 0.259 e. The maximum absolute atomic E-state index is 12.2. The van der Waals surface area contributed by atoms with Gasteiger partial charge in [0, 0.05) is 11.9 Å². The molecular formula is C15H18N4O. The summed E-state index contributed by atoms with van der Waals surface area (Å²) in [6.45, 7) is 2.14. The molecule has 2 rings (SSSR count). The van der Waals surface area contributed by atoms with Crippen LogP contribution in [0.15, 0.2) is 42.6 Å². The predicted octanol–water partition coefficient (Wildman–Crippen LogP) is 2.57. The van der Waals surface area contributed by atoms with Gasteiger partial charge in [-0.3, -0.25) is 4.79 Å². The molecule has 1 amide bonds. The molecule has 0 saturated heterocycles. The Kier molecular flexibility index (Phi) is 4.68. The number of amides is 1. The van der Waals surface area contributed by atoms with Gasteiger partial charge in [-0.05, 0) is 36.2 Å². The molecule has 0 aliphatic carbocycles. The van der Waals surface area contributed by atoms with Crippen molar-refractivity contribution in [3.05, 3.63) is 53.7 Å². The van der Waals surface area contributed by atoms with Crippen LogP contribution in [0.2, 0.25) is 0 Å². The standard InChI is InChI=1S/C15H18N4O/c1-2-4-11-6-8-12(9-7-11)18-15(20)13-5-3-10-17-14(13)19-16/h3,5-10H,2,4,16H2,1H3,(H,17,19)(H,18,20). The van der Waals surface area contributed by atoms with E-state index in [2.05, 4.69) is 22.7 Å². The van der Waals surface area contributed by atoms with Crippen molar-refractivity contribution >= 4 is 17.4 Å². The van der Waals surface area contributed by atoms with Crippen molar-refractivity contribution in [3.8, 4) is 0 Å². The predicted molar refractivity (Wildman–Crippen MR) is 80.4 cm³/mol. The Balaban J connectivity index is 2.11. The van der Waals surface area contributed by atoms with Crippen LogP contribution in [0.4, 0.5) is 11.5 Å². The molecule has 0 spiro atoms. The summed E-state index contributed by atoms with van der Waals surface area (Å²) < 4.78 is 0. The van der Waals surface area contributed by atoms with Crippen molar-refractivity contribution < 1.29 is 4.79 Å². The minimum Gasteiger partial charge on any atom is -0.322 e. The third kappa shape index (κ3) is 3.33. The Morgan fingerprint density at radius 2 is 2.00 bits per heavy atom. The zero-order valence-corrected chi connectivity index (χ0v) is 11.4. The highest BCUT2D eigenvalue weighted by atomic mass is 16.1. The van der Waals surface area contributed by atoms with Crippen LogP contribution in [0.3, 0.4) is 0 Å². The van der Waals surface area contributed by atoms with Crippen molar-refractivity contribution in [1.29, 1.82) is 0 Å². The van der Waals surface area contributed by atoms with Gasteiger partial charge in [-0.1, -0.05) is 25.5 Å². The molecule has 0 aliphatic heterocycles. The largest absolute Gasteiger partial charge is 0.322 e. The summed E-state index contributed by atoms with van der Waals surface area (Å²) in [7, 11) is 0. The molecule has 0 radical (unpaired) electrons. The van der Waals surface area contributed by atoms with Gasteiger partial charge in [-0.25, -0.2) is 10.8 Å². The summed E-state index contributed by atoms with van der Waals surface area (Å²) in [5.41, 5.74) is 4.84. The molecule has 5 heteroatoms. The zero-order valence-electron chi connectivity index (χ0n) is 11.4. The number of pyridine rings is 1. The summed E-state index contributed by atoms with van der Waals surface area (Å²) in [6.07, 6.45) is 3.72. The number of hydrogen-bond acceptors (Lipinski definition) is 4. The Morgan fingerprint density at radius 3 is 2.65 bits per heavy atom. The van der Waals surface area contributed by atoms with E-state index in [0.717, 1.165) is 18.5 Å². The third-order valence-electron chi connectivity index (χ3n) is 2.94. The van der Waals surface area contributed by atoms with E-state index in [1.165, 1.54) is 5.56 Å². The number of nitrogens with one attached hydrogen (secondary N) is 2. The first-order valence-electron chi connectivity index (χ1n) is 6.56. The molecule has 5 nitrogen and oxygen atoms in total. The molecule has 0 unspecified atom stereocenters. The Hall–Kier alpha value is -2.40. The van der Waals surface area contributed by atoms with E-state index in [0.29, 0.717) is 11.4 Å². The van der Waals surface area contributed by atoms with E-state index >= 15 is 0 Å². The lowest BCUT2D eigenvalue weighted by atomic mass is 10.1. The van der Waals surface area contributed by atoms with Gasteiger partial charge in [0.15, 0.2) is 5.82 Å². The summed E-state index contributed by atoms with van der Waals surface area (Å²) >= 11 is 0. The third-order valence-corrected chi connectivity index (χ3v) is 2.94. The highest BCUT2D eigenvalue weighted by Gasteiger charge is 2.11. The van der Waals surface area contributed by atoms with Crippen LogP contribution in [0, 0.1) is 0 Å². The Labute approximate surface area is 118 Å². The van der Waals surface area contributed by atoms with E-state index in [1.807, 2.05) is 24.3 Å². The van der Waals surface area contributed by atoms with Crippen LogP contribution < -0.4 is 16.6 Å². The number of carbonyl (C=O) groups excluding carboxylic acids is 1. The number of hydrazine groups is 1. The Morgan fingerprint density at radius 1 is 1.25 bits per heavy atom. The number of benzene rings is 1. The van der Waals surface area contributed by atoms with E-state index < -0.39 is 0 Å². The topological polar surface area (TPSA) is 80.0 Å². The van der Waals surface area contributed by atoms with Crippen molar-refractivity contribution in [3.63, 3.8) is 0 Å². The summed E-state index contributed by atoms with van der Waals surface area (Å²) in [4.78, 5) is 16.2. The minimum absolute atomic E-state index is 0.241. The van der Waals surface area contributed by atoms with Gasteiger partial charge < -0.3 is 10.7 Å². The number of hydrogen-bond donors (Lipinski definition) is 3. The number of aromatic nitrogens is 1. The lowest BCUT2D eigenvalue weighted by molar-refractivity contribution is 0.102. The van der Waals surface area contributed by atoms with E-state index in [1.54, 1.807) is 18.3 Å². The van der Waals surface area contributed by atoms with Gasteiger partial charge in [-0.15, -0.1) is 0 Å². The second-order valence-corrected chi connectivity index (χ2v) is 4.44. The molecule has 104 valence electrons. The van der Waals surface area contributed by atoms with Gasteiger partial charge >= 0.3 is 0 Å². The van der Waals surface area contributed by atoms with Crippen LogP contribution in [0.25, 0.3) is 0 Å². The molecule has 0 atom stereocenters. The lowest BCUT2D eigenvalue weighted by Crippen LogP contribution is -2.18. The quantitative estimate of drug-likeness (QED) is 0.576. The maximum atomic E-state index is 12.2. The lowest BCUT2D eigenvalue weighted by Gasteiger charge is -2.09. The fourth-order valence-electron chi connectivity index (χ4n) is 1.95. The second-order valence-electron chi connectivity index (χ2n) is 4.44. The Bertz CT molecular complexity index is 581. The number of nitrogens with zero attached hydrogens (tertiary/aromatic N) is 1. The second kappa shape index (κ2) is 6.68. The van der Waals surface area contributed by atoms with E-state index in [4.69, 9.17) is 5.84 Å². The number of rotatable bonds is 5. The fraction of sp³-hybridized carbons (Fsp3) is 0.200. The van der Waals surface area contributed by atoms with Gasteiger partial charge in [-0.2, -0.15) is 0 Å². The van der Waals surface area contributed by atoms with E-state index in [9.17, 15) is 4.79 Å². The molecule has 20 heavy (non-hydrogen) atoms. The average Bonchev–Trinajstić information content (AvgIpc) is 2.49. The van der Waals surface area contributed by atoms with Crippen LogP contribution in [-0.4, -0.2) is 10.9 Å². The average molecular weight is 270 g/mol. The highest BCUT2D eigenvalue weighted by molar-refractivity contribution is 6.07. The molecule has 0 aliphatic rings. The van der Waals surface area contributed by atoms with Crippen molar-refractivity contribution in [2.24, 2.45) is 5.84 Å². The normalized spacial score (nSPS) is 10.1. The molecule has 4 N–H and O–H groups in total. The molecule has 0 bridgehead atoms. The zero-order chi connectivity index (χ0) is 14.4. The van der Waals surface area contributed by atoms with Gasteiger partial charge in [0.25, 0.3) is 5.91 Å². The molecule has 0 fully saturated rings. The number of aryl methyl sites for hydroxylation is 1. The molecule has 0 saturated carbocycles. The SMILES string of the molecule is CCCc1ccc(NC(=O)c2cccnc2NN)cc1. The van der Waals surface area contributed by atoms with Gasteiger partial charge in [0.2, 0.25) is 0 Å². The molecule has 1 aromatic heterocycles. The number of nitrogen functional groups attached to an aromatic ring is 1.